The maximum atomic E-state index is 11.5. The molecule has 2 aromatic rings. The minimum atomic E-state index is -0.925. The Morgan fingerprint density at radius 3 is 2.19 bits per heavy atom. The van der Waals surface area contributed by atoms with Crippen LogP contribution in [-0.2, 0) is 4.74 Å². The van der Waals surface area contributed by atoms with E-state index in [9.17, 15) is 25.0 Å². The number of ether oxygens (including phenoxy) is 1. The molecule has 0 atom stereocenters. The number of carbonyl (C=O) groups is 1. The fourth-order valence-corrected chi connectivity index (χ4v) is 1.68. The number of methoxy groups -OCH3 is 1. The maximum Gasteiger partial charge on any atom is 0.338 e. The lowest BCUT2D eigenvalue weighted by molar-refractivity contribution is -0.393. The van der Waals surface area contributed by atoms with Gasteiger partial charge in [0.2, 0.25) is 5.69 Å². The standard InChI is InChI=1S/C10H7N5O6/c1-21-10(16)6-2-7(14(17)18)9(8(3-6)15(19)20)13-5-11-4-12-13/h2-5H,1H3. The second-order valence-corrected chi connectivity index (χ2v) is 3.71. The molecule has 11 heteroatoms. The van der Waals surface area contributed by atoms with Crippen LogP contribution in [0.15, 0.2) is 24.8 Å². The largest absolute Gasteiger partial charge is 0.465 e. The fourth-order valence-electron chi connectivity index (χ4n) is 1.68. The Morgan fingerprint density at radius 2 is 1.81 bits per heavy atom. The Balaban J connectivity index is 2.81. The van der Waals surface area contributed by atoms with Crippen LogP contribution in [0.4, 0.5) is 11.4 Å². The van der Waals surface area contributed by atoms with E-state index in [4.69, 9.17) is 0 Å². The number of aromatic nitrogens is 3. The van der Waals surface area contributed by atoms with Crippen LogP contribution in [0.25, 0.3) is 5.69 Å². The van der Waals surface area contributed by atoms with Gasteiger partial charge in [-0.05, 0) is 0 Å². The Morgan fingerprint density at radius 1 is 1.24 bits per heavy atom. The van der Waals surface area contributed by atoms with Gasteiger partial charge in [-0.15, -0.1) is 0 Å². The van der Waals surface area contributed by atoms with Crippen molar-refractivity contribution in [3.63, 3.8) is 0 Å². The van der Waals surface area contributed by atoms with Crippen molar-refractivity contribution >= 4 is 17.3 Å². The van der Waals surface area contributed by atoms with E-state index in [-0.39, 0.29) is 5.56 Å². The van der Waals surface area contributed by atoms with Crippen LogP contribution in [-0.4, -0.2) is 37.7 Å². The van der Waals surface area contributed by atoms with Crippen molar-refractivity contribution in [3.05, 3.63) is 50.6 Å². The first-order chi connectivity index (χ1) is 9.95. The number of hydrogen-bond donors (Lipinski definition) is 0. The van der Waals surface area contributed by atoms with Gasteiger partial charge < -0.3 is 4.74 Å². The van der Waals surface area contributed by atoms with Gasteiger partial charge in [-0.1, -0.05) is 0 Å². The van der Waals surface area contributed by atoms with Crippen LogP contribution >= 0.6 is 0 Å². The van der Waals surface area contributed by atoms with E-state index in [1.54, 1.807) is 0 Å². The van der Waals surface area contributed by atoms with Gasteiger partial charge in [0.25, 0.3) is 0 Å². The lowest BCUT2D eigenvalue weighted by atomic mass is 10.1. The Labute approximate surface area is 116 Å². The van der Waals surface area contributed by atoms with Gasteiger partial charge in [0, 0.05) is 12.1 Å². The predicted octanol–water partition coefficient (Wildman–Crippen LogP) is 0.870. The number of nitrogens with zero attached hydrogens (tertiary/aromatic N) is 5. The van der Waals surface area contributed by atoms with Crippen molar-refractivity contribution in [1.29, 1.82) is 0 Å². The Hall–Kier alpha value is -3.37. The normalized spacial score (nSPS) is 10.1. The second kappa shape index (κ2) is 5.32. The van der Waals surface area contributed by atoms with E-state index in [2.05, 4.69) is 14.8 Å². The van der Waals surface area contributed by atoms with Crippen LogP contribution in [0.2, 0.25) is 0 Å². The van der Waals surface area contributed by atoms with E-state index in [1.165, 1.54) is 0 Å². The monoisotopic (exact) mass is 293 g/mol. The average molecular weight is 293 g/mol. The summed E-state index contributed by atoms with van der Waals surface area (Å²) in [4.78, 5) is 35.6. The summed E-state index contributed by atoms with van der Waals surface area (Å²) >= 11 is 0. The third-order valence-electron chi connectivity index (χ3n) is 2.53. The quantitative estimate of drug-likeness (QED) is 0.458. The number of benzene rings is 1. The predicted molar refractivity (Wildman–Crippen MR) is 66.0 cm³/mol. The Kier molecular flexibility index (Phi) is 3.56. The van der Waals surface area contributed by atoms with Gasteiger partial charge in [-0.2, -0.15) is 5.10 Å². The zero-order valence-corrected chi connectivity index (χ0v) is 10.5. The number of esters is 1. The molecule has 0 fully saturated rings. The number of carbonyl (C=O) groups excluding carboxylic acids is 1. The molecule has 0 unspecified atom stereocenters. The van der Waals surface area contributed by atoms with E-state index in [0.29, 0.717) is 0 Å². The van der Waals surface area contributed by atoms with Crippen molar-refractivity contribution < 1.29 is 19.4 Å². The number of nitro benzene ring substituents is 2. The summed E-state index contributed by atoms with van der Waals surface area (Å²) in [5, 5.41) is 25.9. The minimum Gasteiger partial charge on any atom is -0.465 e. The highest BCUT2D eigenvalue weighted by molar-refractivity contribution is 5.92. The van der Waals surface area contributed by atoms with Crippen molar-refractivity contribution in [2.75, 3.05) is 7.11 Å². The van der Waals surface area contributed by atoms with Crippen LogP contribution in [0, 0.1) is 20.2 Å². The summed E-state index contributed by atoms with van der Waals surface area (Å²) in [6.07, 6.45) is 2.15. The molecule has 1 aromatic carbocycles. The first-order valence-electron chi connectivity index (χ1n) is 5.36. The second-order valence-electron chi connectivity index (χ2n) is 3.71. The molecule has 21 heavy (non-hydrogen) atoms. The van der Waals surface area contributed by atoms with Gasteiger partial charge in [0.15, 0.2) is 0 Å². The molecule has 0 amide bonds. The zero-order chi connectivity index (χ0) is 15.6. The molecule has 0 bridgehead atoms. The molecular formula is C10H7N5O6. The molecule has 11 nitrogen and oxygen atoms in total. The maximum absolute atomic E-state index is 11.5. The average Bonchev–Trinajstić information content (AvgIpc) is 2.98. The van der Waals surface area contributed by atoms with E-state index >= 15 is 0 Å². The fraction of sp³-hybridized carbons (Fsp3) is 0.100. The van der Waals surface area contributed by atoms with Crippen molar-refractivity contribution in [2.45, 2.75) is 0 Å². The van der Waals surface area contributed by atoms with Gasteiger partial charge in [-0.25, -0.2) is 14.5 Å². The van der Waals surface area contributed by atoms with Gasteiger partial charge in [0.05, 0.1) is 22.5 Å². The molecular weight excluding hydrogens is 286 g/mol. The highest BCUT2D eigenvalue weighted by atomic mass is 16.6. The number of nitro groups is 2. The van der Waals surface area contributed by atoms with Gasteiger partial charge in [0.1, 0.15) is 12.7 Å². The van der Waals surface area contributed by atoms with Crippen LogP contribution in [0.3, 0.4) is 0 Å². The highest BCUT2D eigenvalue weighted by Gasteiger charge is 2.30. The molecule has 0 saturated heterocycles. The molecule has 0 aliphatic carbocycles. The summed E-state index contributed by atoms with van der Waals surface area (Å²) in [6, 6.07) is 1.77. The van der Waals surface area contributed by atoms with E-state index in [1.807, 2.05) is 0 Å². The minimum absolute atomic E-state index is 0.306. The first kappa shape index (κ1) is 14.0. The number of rotatable bonds is 4. The molecule has 1 aromatic heterocycles. The Bertz CT molecular complexity index is 691. The van der Waals surface area contributed by atoms with E-state index < -0.39 is 32.9 Å². The van der Waals surface area contributed by atoms with Crippen molar-refractivity contribution in [1.82, 2.24) is 14.8 Å². The third kappa shape index (κ3) is 2.51. The molecule has 0 aliphatic heterocycles. The van der Waals surface area contributed by atoms with Crippen molar-refractivity contribution in [3.8, 4) is 5.69 Å². The van der Waals surface area contributed by atoms with Gasteiger partial charge in [-0.3, -0.25) is 20.2 Å². The lowest BCUT2D eigenvalue weighted by Crippen LogP contribution is -2.09. The SMILES string of the molecule is COC(=O)c1cc([N+](=O)[O-])c(-n2cncn2)c([N+](=O)[O-])c1. The summed E-state index contributed by atoms with van der Waals surface area (Å²) < 4.78 is 5.30. The summed E-state index contributed by atoms with van der Waals surface area (Å²) in [6.45, 7) is 0. The summed E-state index contributed by atoms with van der Waals surface area (Å²) in [5.74, 6) is -0.925. The first-order valence-corrected chi connectivity index (χ1v) is 5.36. The van der Waals surface area contributed by atoms with Crippen LogP contribution < -0.4 is 0 Å². The molecule has 108 valence electrons. The topological polar surface area (TPSA) is 143 Å². The smallest absolute Gasteiger partial charge is 0.338 e. The van der Waals surface area contributed by atoms with Crippen molar-refractivity contribution in [2.24, 2.45) is 0 Å². The van der Waals surface area contributed by atoms with E-state index in [0.717, 1.165) is 36.6 Å². The number of hydrogen-bond acceptors (Lipinski definition) is 8. The molecule has 1 heterocycles. The lowest BCUT2D eigenvalue weighted by Gasteiger charge is -2.06. The molecule has 0 aliphatic rings. The highest BCUT2D eigenvalue weighted by Crippen LogP contribution is 2.33. The molecule has 2 rings (SSSR count). The third-order valence-corrected chi connectivity index (χ3v) is 2.53. The zero-order valence-electron chi connectivity index (χ0n) is 10.5. The summed E-state index contributed by atoms with van der Waals surface area (Å²) in [7, 11) is 1.06. The summed E-state index contributed by atoms with van der Waals surface area (Å²) in [5.41, 5.74) is -2.01. The van der Waals surface area contributed by atoms with Gasteiger partial charge >= 0.3 is 17.3 Å². The molecule has 0 N–H and O–H groups in total. The van der Waals surface area contributed by atoms with Crippen LogP contribution in [0.1, 0.15) is 10.4 Å². The molecule has 0 radical (unpaired) electrons. The molecule has 0 saturated carbocycles. The van der Waals surface area contributed by atoms with Crippen LogP contribution in [0.5, 0.6) is 0 Å². The molecule has 0 spiro atoms.